The van der Waals surface area contributed by atoms with Gasteiger partial charge in [0.05, 0.1) is 32.1 Å². The first-order valence-electron chi connectivity index (χ1n) is 7.96. The van der Waals surface area contributed by atoms with Crippen molar-refractivity contribution in [2.45, 2.75) is 18.7 Å². The summed E-state index contributed by atoms with van der Waals surface area (Å²) in [5.74, 6) is 2.63. The Balaban J connectivity index is 2.56. The van der Waals surface area contributed by atoms with Crippen molar-refractivity contribution >= 4 is 15.5 Å². The summed E-state index contributed by atoms with van der Waals surface area (Å²) in [6.07, 6.45) is 5.20. The Bertz CT molecular complexity index is 702. The minimum atomic E-state index is -3.64. The Morgan fingerprint density at radius 3 is 2.38 bits per heavy atom. The molecule has 1 saturated heterocycles. The summed E-state index contributed by atoms with van der Waals surface area (Å²) < 4.78 is 41.6. The molecule has 132 valence electrons. The van der Waals surface area contributed by atoms with Crippen molar-refractivity contribution in [3.05, 3.63) is 12.1 Å². The van der Waals surface area contributed by atoms with E-state index in [1.54, 1.807) is 6.07 Å². The van der Waals surface area contributed by atoms with Crippen LogP contribution in [0.15, 0.2) is 17.0 Å². The monoisotopic (exact) mass is 353 g/mol. The molecule has 0 spiro atoms. The maximum atomic E-state index is 12.5. The molecule has 0 aromatic heterocycles. The summed E-state index contributed by atoms with van der Waals surface area (Å²) in [6, 6.07) is 3.25. The molecule has 1 aromatic carbocycles. The van der Waals surface area contributed by atoms with E-state index in [1.807, 2.05) is 13.8 Å². The first-order chi connectivity index (χ1) is 11.5. The number of hydrogen-bond donors (Lipinski definition) is 0. The molecule has 6 nitrogen and oxygen atoms in total. The second-order valence-electron chi connectivity index (χ2n) is 5.20. The lowest BCUT2D eigenvalue weighted by molar-refractivity contribution is 0.122. The van der Waals surface area contributed by atoms with E-state index >= 15 is 0 Å². The number of terminal acetylenes is 1. The molecule has 24 heavy (non-hydrogen) atoms. The molecule has 1 aliphatic rings. The zero-order valence-electron chi connectivity index (χ0n) is 14.1. The molecule has 1 fully saturated rings. The van der Waals surface area contributed by atoms with E-state index in [0.717, 1.165) is 5.69 Å². The van der Waals surface area contributed by atoms with E-state index in [1.165, 1.54) is 6.07 Å². The van der Waals surface area contributed by atoms with Gasteiger partial charge < -0.3 is 19.1 Å². The van der Waals surface area contributed by atoms with Crippen molar-refractivity contribution in [3.8, 4) is 23.8 Å². The van der Waals surface area contributed by atoms with Gasteiger partial charge >= 0.3 is 0 Å². The molecule has 1 aromatic rings. The molecule has 2 rings (SSSR count). The summed E-state index contributed by atoms with van der Waals surface area (Å²) in [4.78, 5) is 2.18. The Hall–Kier alpha value is -1.91. The minimum absolute atomic E-state index is 0.0720. The van der Waals surface area contributed by atoms with Crippen molar-refractivity contribution in [1.29, 1.82) is 0 Å². The van der Waals surface area contributed by atoms with Crippen LogP contribution in [0.4, 0.5) is 5.69 Å². The number of rotatable bonds is 7. The van der Waals surface area contributed by atoms with Crippen LogP contribution < -0.4 is 14.4 Å². The summed E-state index contributed by atoms with van der Waals surface area (Å²) >= 11 is 0. The third kappa shape index (κ3) is 4.13. The standard InChI is InChI=1S/C17H23NO5S/c1-4-11-24(19,20)17-13-15(22-5-2)14(12-16(17)23-6-3)18-7-9-21-10-8-18/h1,12-13H,5-11H2,2-3H3. The van der Waals surface area contributed by atoms with Gasteiger partial charge in [0, 0.05) is 25.2 Å². The summed E-state index contributed by atoms with van der Waals surface area (Å²) in [5.41, 5.74) is 0.809. The smallest absolute Gasteiger partial charge is 0.193 e. The quantitative estimate of drug-likeness (QED) is 0.696. The number of hydrogen-bond acceptors (Lipinski definition) is 6. The molecule has 0 saturated carbocycles. The topological polar surface area (TPSA) is 65.1 Å². The van der Waals surface area contributed by atoms with Crippen LogP contribution in [0.1, 0.15) is 13.8 Å². The van der Waals surface area contributed by atoms with Gasteiger partial charge in [-0.2, -0.15) is 0 Å². The zero-order chi connectivity index (χ0) is 17.6. The number of morpholine rings is 1. The minimum Gasteiger partial charge on any atom is -0.492 e. The number of sulfone groups is 1. The predicted octanol–water partition coefficient (Wildman–Crippen LogP) is 1.73. The van der Waals surface area contributed by atoms with Crippen LogP contribution in [0.2, 0.25) is 0 Å². The first-order valence-corrected chi connectivity index (χ1v) is 9.61. The van der Waals surface area contributed by atoms with E-state index in [0.29, 0.717) is 51.0 Å². The molecule has 0 bridgehead atoms. The Kier molecular flexibility index (Phi) is 6.35. The normalized spacial score (nSPS) is 15.0. The second kappa shape index (κ2) is 8.27. The molecule has 7 heteroatoms. The van der Waals surface area contributed by atoms with Gasteiger partial charge in [0.1, 0.15) is 22.1 Å². The van der Waals surface area contributed by atoms with E-state index < -0.39 is 9.84 Å². The van der Waals surface area contributed by atoms with Crippen LogP contribution in [0.5, 0.6) is 11.5 Å². The van der Waals surface area contributed by atoms with Crippen molar-refractivity contribution < 1.29 is 22.6 Å². The van der Waals surface area contributed by atoms with Crippen LogP contribution in [-0.2, 0) is 14.6 Å². The molecule has 0 aliphatic carbocycles. The zero-order valence-corrected chi connectivity index (χ0v) is 14.9. The van der Waals surface area contributed by atoms with Crippen LogP contribution in [-0.4, -0.2) is 53.7 Å². The third-order valence-corrected chi connectivity index (χ3v) is 5.12. The Labute approximate surface area is 143 Å². The average Bonchev–Trinajstić information content (AvgIpc) is 2.57. The Morgan fingerprint density at radius 1 is 1.17 bits per heavy atom. The SMILES string of the molecule is C#CCS(=O)(=O)c1cc(OCC)c(N2CCOCC2)cc1OCC. The number of benzene rings is 1. The average molecular weight is 353 g/mol. The van der Waals surface area contributed by atoms with E-state index in [4.69, 9.17) is 20.6 Å². The fourth-order valence-electron chi connectivity index (χ4n) is 2.55. The lowest BCUT2D eigenvalue weighted by Gasteiger charge is -2.31. The second-order valence-corrected chi connectivity index (χ2v) is 7.15. The molecule has 0 radical (unpaired) electrons. The maximum Gasteiger partial charge on any atom is 0.193 e. The fourth-order valence-corrected chi connectivity index (χ4v) is 3.64. The highest BCUT2D eigenvalue weighted by Crippen LogP contribution is 2.38. The van der Waals surface area contributed by atoms with Crippen molar-refractivity contribution in [3.63, 3.8) is 0 Å². The van der Waals surface area contributed by atoms with Crippen molar-refractivity contribution in [2.75, 3.05) is 50.2 Å². The highest BCUT2D eigenvalue weighted by Gasteiger charge is 2.25. The van der Waals surface area contributed by atoms with Crippen LogP contribution in [0.3, 0.4) is 0 Å². The molecule has 0 amide bonds. The molecular weight excluding hydrogens is 330 g/mol. The van der Waals surface area contributed by atoms with Gasteiger partial charge in [-0.1, -0.05) is 5.92 Å². The van der Waals surface area contributed by atoms with Gasteiger partial charge in [0.2, 0.25) is 0 Å². The van der Waals surface area contributed by atoms with Crippen LogP contribution in [0, 0.1) is 12.3 Å². The van der Waals surface area contributed by atoms with Crippen LogP contribution in [0.25, 0.3) is 0 Å². The lowest BCUT2D eigenvalue weighted by Crippen LogP contribution is -2.36. The Morgan fingerprint density at radius 2 is 1.79 bits per heavy atom. The molecule has 0 atom stereocenters. The predicted molar refractivity (Wildman–Crippen MR) is 92.7 cm³/mol. The highest BCUT2D eigenvalue weighted by molar-refractivity contribution is 7.91. The van der Waals surface area contributed by atoms with E-state index in [2.05, 4.69) is 10.8 Å². The van der Waals surface area contributed by atoms with Gasteiger partial charge in [0.25, 0.3) is 0 Å². The summed E-state index contributed by atoms with van der Waals surface area (Å²) in [6.45, 7) is 7.11. The lowest BCUT2D eigenvalue weighted by atomic mass is 10.2. The number of nitrogens with zero attached hydrogens (tertiary/aromatic N) is 1. The third-order valence-electron chi connectivity index (χ3n) is 3.59. The fraction of sp³-hybridized carbons (Fsp3) is 0.529. The van der Waals surface area contributed by atoms with Crippen molar-refractivity contribution in [1.82, 2.24) is 0 Å². The summed E-state index contributed by atoms with van der Waals surface area (Å²) in [7, 11) is -3.64. The molecule has 0 unspecified atom stereocenters. The largest absolute Gasteiger partial charge is 0.492 e. The van der Waals surface area contributed by atoms with Gasteiger partial charge in [-0.05, 0) is 13.8 Å². The van der Waals surface area contributed by atoms with Gasteiger partial charge in [0.15, 0.2) is 9.84 Å². The van der Waals surface area contributed by atoms with Crippen molar-refractivity contribution in [2.24, 2.45) is 0 Å². The van der Waals surface area contributed by atoms with Gasteiger partial charge in [-0.15, -0.1) is 6.42 Å². The first kappa shape index (κ1) is 18.4. The maximum absolute atomic E-state index is 12.5. The summed E-state index contributed by atoms with van der Waals surface area (Å²) in [5, 5.41) is 0. The van der Waals surface area contributed by atoms with E-state index in [-0.39, 0.29) is 10.6 Å². The van der Waals surface area contributed by atoms with E-state index in [9.17, 15) is 8.42 Å². The highest BCUT2D eigenvalue weighted by atomic mass is 32.2. The number of anilines is 1. The molecule has 1 aliphatic heterocycles. The number of ether oxygens (including phenoxy) is 3. The van der Waals surface area contributed by atoms with Crippen LogP contribution >= 0.6 is 0 Å². The molecule has 1 heterocycles. The van der Waals surface area contributed by atoms with Gasteiger partial charge in [-0.3, -0.25) is 0 Å². The van der Waals surface area contributed by atoms with Gasteiger partial charge in [-0.25, -0.2) is 8.42 Å². The molecular formula is C17H23NO5S. The molecule has 0 N–H and O–H groups in total.